The number of anilines is 3. The van der Waals surface area contributed by atoms with Crippen molar-refractivity contribution in [1.29, 1.82) is 0 Å². The predicted octanol–water partition coefficient (Wildman–Crippen LogP) is 3.04. The first kappa shape index (κ1) is 14.1. The SMILES string of the molecule is NC(=O)c1cc(Nc2ccc(F)cc2Cl)c(F)cc1N. The van der Waals surface area contributed by atoms with Gasteiger partial charge in [-0.15, -0.1) is 0 Å². The van der Waals surface area contributed by atoms with E-state index in [0.717, 1.165) is 12.1 Å². The maximum absolute atomic E-state index is 13.8. The summed E-state index contributed by atoms with van der Waals surface area (Å²) in [5.74, 6) is -1.99. The summed E-state index contributed by atoms with van der Waals surface area (Å²) in [5.41, 5.74) is 10.8. The van der Waals surface area contributed by atoms with Crippen molar-refractivity contribution in [2.45, 2.75) is 0 Å². The van der Waals surface area contributed by atoms with Crippen LogP contribution in [0.1, 0.15) is 10.4 Å². The van der Waals surface area contributed by atoms with E-state index in [1.807, 2.05) is 0 Å². The van der Waals surface area contributed by atoms with Gasteiger partial charge in [-0.2, -0.15) is 0 Å². The molecule has 0 aliphatic carbocycles. The summed E-state index contributed by atoms with van der Waals surface area (Å²) >= 11 is 5.82. The van der Waals surface area contributed by atoms with Gasteiger partial charge >= 0.3 is 0 Å². The van der Waals surface area contributed by atoms with Gasteiger partial charge in [-0.25, -0.2) is 8.78 Å². The summed E-state index contributed by atoms with van der Waals surface area (Å²) in [4.78, 5) is 11.2. The van der Waals surface area contributed by atoms with E-state index in [9.17, 15) is 13.6 Å². The van der Waals surface area contributed by atoms with E-state index in [2.05, 4.69) is 5.32 Å². The molecule has 0 aliphatic rings. The fourth-order valence-corrected chi connectivity index (χ4v) is 1.85. The van der Waals surface area contributed by atoms with Gasteiger partial charge in [-0.05, 0) is 30.3 Å². The average molecular weight is 298 g/mol. The van der Waals surface area contributed by atoms with Crippen LogP contribution in [0, 0.1) is 11.6 Å². The molecule has 0 atom stereocenters. The number of carbonyl (C=O) groups is 1. The standard InChI is InChI=1S/C13H10ClF2N3O/c14-8-3-6(15)1-2-11(8)19-12-4-7(13(18)20)10(17)5-9(12)16/h1-5,19H,17H2,(H2,18,20). The molecule has 2 rings (SSSR count). The molecule has 0 bridgehead atoms. The topological polar surface area (TPSA) is 81.1 Å². The van der Waals surface area contributed by atoms with Crippen LogP contribution in [0.15, 0.2) is 30.3 Å². The highest BCUT2D eigenvalue weighted by Crippen LogP contribution is 2.29. The number of hydrogen-bond acceptors (Lipinski definition) is 3. The van der Waals surface area contributed by atoms with Crippen LogP contribution in [0.5, 0.6) is 0 Å². The zero-order valence-electron chi connectivity index (χ0n) is 10.1. The molecule has 4 nitrogen and oxygen atoms in total. The lowest BCUT2D eigenvalue weighted by molar-refractivity contribution is 0.100. The molecule has 2 aromatic carbocycles. The Bertz CT molecular complexity index is 692. The van der Waals surface area contributed by atoms with E-state index in [4.69, 9.17) is 23.1 Å². The van der Waals surface area contributed by atoms with Crippen LogP contribution in [0.3, 0.4) is 0 Å². The number of benzene rings is 2. The smallest absolute Gasteiger partial charge is 0.250 e. The van der Waals surface area contributed by atoms with Gasteiger partial charge in [0.25, 0.3) is 5.91 Å². The van der Waals surface area contributed by atoms with Gasteiger partial charge in [0.1, 0.15) is 11.6 Å². The van der Waals surface area contributed by atoms with E-state index >= 15 is 0 Å². The highest BCUT2D eigenvalue weighted by molar-refractivity contribution is 6.33. The number of nitrogen functional groups attached to an aromatic ring is 1. The number of hydrogen-bond donors (Lipinski definition) is 3. The molecule has 0 radical (unpaired) electrons. The minimum Gasteiger partial charge on any atom is -0.398 e. The van der Waals surface area contributed by atoms with Crippen molar-refractivity contribution in [3.8, 4) is 0 Å². The van der Waals surface area contributed by atoms with Gasteiger partial charge in [-0.1, -0.05) is 11.6 Å². The maximum Gasteiger partial charge on any atom is 0.250 e. The van der Waals surface area contributed by atoms with Crippen molar-refractivity contribution in [2.24, 2.45) is 5.73 Å². The third-order valence-electron chi connectivity index (χ3n) is 2.61. The molecule has 0 unspecified atom stereocenters. The number of nitrogens with one attached hydrogen (secondary N) is 1. The van der Waals surface area contributed by atoms with Gasteiger partial charge in [0.2, 0.25) is 0 Å². The Balaban J connectivity index is 2.43. The van der Waals surface area contributed by atoms with E-state index in [1.54, 1.807) is 0 Å². The minimum absolute atomic E-state index is 0.0212. The van der Waals surface area contributed by atoms with Gasteiger partial charge in [0.15, 0.2) is 0 Å². The molecule has 7 heteroatoms. The Hall–Kier alpha value is -2.34. The first-order valence-corrected chi connectivity index (χ1v) is 5.87. The predicted molar refractivity (Wildman–Crippen MR) is 74.0 cm³/mol. The van der Waals surface area contributed by atoms with Crippen molar-refractivity contribution >= 4 is 34.6 Å². The van der Waals surface area contributed by atoms with Gasteiger partial charge in [0, 0.05) is 5.69 Å². The molecule has 104 valence electrons. The largest absolute Gasteiger partial charge is 0.398 e. The van der Waals surface area contributed by atoms with Crippen LogP contribution in [-0.2, 0) is 0 Å². The zero-order chi connectivity index (χ0) is 14.9. The fourth-order valence-electron chi connectivity index (χ4n) is 1.63. The average Bonchev–Trinajstić information content (AvgIpc) is 2.35. The monoisotopic (exact) mass is 297 g/mol. The van der Waals surface area contributed by atoms with Crippen molar-refractivity contribution in [2.75, 3.05) is 11.1 Å². The lowest BCUT2D eigenvalue weighted by atomic mass is 10.1. The number of rotatable bonds is 3. The summed E-state index contributed by atoms with van der Waals surface area (Å²) < 4.78 is 26.7. The van der Waals surface area contributed by atoms with Crippen molar-refractivity contribution < 1.29 is 13.6 Å². The van der Waals surface area contributed by atoms with Crippen LogP contribution in [0.25, 0.3) is 0 Å². The van der Waals surface area contributed by atoms with E-state index in [-0.39, 0.29) is 27.6 Å². The number of amides is 1. The Labute approximate surface area is 118 Å². The lowest BCUT2D eigenvalue weighted by Crippen LogP contribution is -2.14. The Morgan fingerprint density at radius 2 is 1.85 bits per heavy atom. The number of nitrogens with two attached hydrogens (primary N) is 2. The third kappa shape index (κ3) is 2.80. The van der Waals surface area contributed by atoms with Crippen LogP contribution >= 0.6 is 11.6 Å². The molecule has 0 saturated carbocycles. The third-order valence-corrected chi connectivity index (χ3v) is 2.92. The van der Waals surface area contributed by atoms with Gasteiger partial charge < -0.3 is 16.8 Å². The van der Waals surface area contributed by atoms with E-state index in [1.165, 1.54) is 18.2 Å². The Morgan fingerprint density at radius 1 is 1.15 bits per heavy atom. The zero-order valence-corrected chi connectivity index (χ0v) is 10.8. The molecule has 0 fully saturated rings. The van der Waals surface area contributed by atoms with Crippen LogP contribution in [0.4, 0.5) is 25.8 Å². The molecule has 20 heavy (non-hydrogen) atoms. The summed E-state index contributed by atoms with van der Waals surface area (Å²) in [6.07, 6.45) is 0. The number of halogens is 3. The summed E-state index contributed by atoms with van der Waals surface area (Å²) in [5, 5.41) is 2.72. The first-order chi connectivity index (χ1) is 9.38. The fraction of sp³-hybridized carbons (Fsp3) is 0. The molecule has 0 aromatic heterocycles. The van der Waals surface area contributed by atoms with Crippen LogP contribution < -0.4 is 16.8 Å². The first-order valence-electron chi connectivity index (χ1n) is 5.49. The Morgan fingerprint density at radius 3 is 2.45 bits per heavy atom. The highest BCUT2D eigenvalue weighted by Gasteiger charge is 2.13. The summed E-state index contributed by atoms with van der Waals surface area (Å²) in [7, 11) is 0. The van der Waals surface area contributed by atoms with Crippen molar-refractivity contribution in [3.63, 3.8) is 0 Å². The minimum atomic E-state index is -0.782. The summed E-state index contributed by atoms with van der Waals surface area (Å²) in [6, 6.07) is 5.73. The van der Waals surface area contributed by atoms with Crippen LogP contribution in [0.2, 0.25) is 5.02 Å². The van der Waals surface area contributed by atoms with Crippen LogP contribution in [-0.4, -0.2) is 5.91 Å². The molecule has 2 aromatic rings. The molecule has 5 N–H and O–H groups in total. The number of primary amides is 1. The second kappa shape index (κ2) is 5.34. The second-order valence-electron chi connectivity index (χ2n) is 4.03. The lowest BCUT2D eigenvalue weighted by Gasteiger charge is -2.11. The van der Waals surface area contributed by atoms with E-state index in [0.29, 0.717) is 0 Å². The molecule has 0 spiro atoms. The number of carbonyl (C=O) groups excluding carboxylic acids is 1. The normalized spacial score (nSPS) is 10.3. The molecule has 0 saturated heterocycles. The summed E-state index contributed by atoms with van der Waals surface area (Å²) in [6.45, 7) is 0. The van der Waals surface area contributed by atoms with Gasteiger partial charge in [0.05, 0.1) is 22.0 Å². The molecular weight excluding hydrogens is 288 g/mol. The molecular formula is C13H10ClF2N3O. The van der Waals surface area contributed by atoms with E-state index < -0.39 is 17.5 Å². The molecule has 0 heterocycles. The Kier molecular flexibility index (Phi) is 3.76. The molecule has 1 amide bonds. The van der Waals surface area contributed by atoms with Crippen molar-refractivity contribution in [1.82, 2.24) is 0 Å². The second-order valence-corrected chi connectivity index (χ2v) is 4.44. The van der Waals surface area contributed by atoms with Crippen molar-refractivity contribution in [3.05, 3.63) is 52.6 Å². The maximum atomic E-state index is 13.8. The van der Waals surface area contributed by atoms with Gasteiger partial charge in [-0.3, -0.25) is 4.79 Å². The molecule has 0 aliphatic heterocycles. The highest BCUT2D eigenvalue weighted by atomic mass is 35.5. The quantitative estimate of drug-likeness (QED) is 0.762.